The van der Waals surface area contributed by atoms with Crippen molar-refractivity contribution in [3.05, 3.63) is 71.8 Å². The molecule has 0 aliphatic carbocycles. The maximum Gasteiger partial charge on any atom is 0.176 e. The first-order valence-electron chi connectivity index (χ1n) is 7.11. The fourth-order valence-electron chi connectivity index (χ4n) is 2.13. The summed E-state index contributed by atoms with van der Waals surface area (Å²) in [5.41, 5.74) is 0.404. The molecule has 0 saturated heterocycles. The first kappa shape index (κ1) is 14.4. The Kier molecular flexibility index (Phi) is 4.98. The third-order valence-electron chi connectivity index (χ3n) is 3.31. The number of rotatable bonds is 4. The lowest BCUT2D eigenvalue weighted by Crippen LogP contribution is -2.25. The Bertz CT molecular complexity index is 536. The summed E-state index contributed by atoms with van der Waals surface area (Å²) in [4.78, 5) is 0. The molecule has 2 aromatic rings. The maximum absolute atomic E-state index is 11.1. The zero-order valence-corrected chi connectivity index (χ0v) is 11.8. The van der Waals surface area contributed by atoms with Gasteiger partial charge in [0.2, 0.25) is 0 Å². The Morgan fingerprint density at radius 2 is 1.40 bits per heavy atom. The van der Waals surface area contributed by atoms with Crippen molar-refractivity contribution in [2.24, 2.45) is 0 Å². The van der Waals surface area contributed by atoms with Crippen LogP contribution in [0.1, 0.15) is 37.3 Å². The average Bonchev–Trinajstić information content (AvgIpc) is 2.53. The van der Waals surface area contributed by atoms with Gasteiger partial charge in [-0.05, 0) is 6.42 Å². The molecule has 2 rings (SSSR count). The van der Waals surface area contributed by atoms with E-state index in [1.165, 1.54) is 0 Å². The standard InChI is InChI=1S/C19H20O/c1-2-3-4-11-16-19(20,17-12-7-5-8-13-17)18-14-9-6-10-15-18/h5-10,12-15,20H,2-4H2,1H3. The van der Waals surface area contributed by atoms with E-state index >= 15 is 0 Å². The SMILES string of the molecule is CCCCC#CC(O)(c1ccccc1)c1ccccc1. The fraction of sp³-hybridized carbons (Fsp3) is 0.263. The third-order valence-corrected chi connectivity index (χ3v) is 3.31. The van der Waals surface area contributed by atoms with Crippen LogP contribution < -0.4 is 0 Å². The summed E-state index contributed by atoms with van der Waals surface area (Å²) in [6.07, 6.45) is 2.99. The minimum Gasteiger partial charge on any atom is -0.369 e. The van der Waals surface area contributed by atoms with Crippen molar-refractivity contribution in [1.82, 2.24) is 0 Å². The summed E-state index contributed by atoms with van der Waals surface area (Å²) < 4.78 is 0. The van der Waals surface area contributed by atoms with Crippen molar-refractivity contribution in [2.45, 2.75) is 31.8 Å². The Morgan fingerprint density at radius 1 is 0.900 bits per heavy atom. The highest BCUT2D eigenvalue weighted by atomic mass is 16.3. The van der Waals surface area contributed by atoms with Gasteiger partial charge >= 0.3 is 0 Å². The van der Waals surface area contributed by atoms with Gasteiger partial charge in [-0.3, -0.25) is 0 Å². The maximum atomic E-state index is 11.1. The summed E-state index contributed by atoms with van der Waals surface area (Å²) in [7, 11) is 0. The number of hydrogen-bond acceptors (Lipinski definition) is 1. The molecular weight excluding hydrogens is 244 g/mol. The number of aliphatic hydroxyl groups is 1. The predicted octanol–water partition coefficient (Wildman–Crippen LogP) is 4.12. The van der Waals surface area contributed by atoms with Crippen LogP contribution in [0.5, 0.6) is 0 Å². The molecule has 102 valence electrons. The van der Waals surface area contributed by atoms with Crippen LogP contribution in [-0.4, -0.2) is 5.11 Å². The van der Waals surface area contributed by atoms with Crippen molar-refractivity contribution in [1.29, 1.82) is 0 Å². The van der Waals surface area contributed by atoms with E-state index in [2.05, 4.69) is 18.8 Å². The number of benzene rings is 2. The third kappa shape index (κ3) is 3.29. The lowest BCUT2D eigenvalue weighted by Gasteiger charge is -2.23. The van der Waals surface area contributed by atoms with Crippen LogP contribution in [0.25, 0.3) is 0 Å². The Balaban J connectivity index is 2.40. The van der Waals surface area contributed by atoms with Crippen molar-refractivity contribution >= 4 is 0 Å². The van der Waals surface area contributed by atoms with Gasteiger partial charge in [0.15, 0.2) is 5.60 Å². The van der Waals surface area contributed by atoms with Crippen LogP contribution in [0.4, 0.5) is 0 Å². The summed E-state index contributed by atoms with van der Waals surface area (Å²) in [5, 5.41) is 11.1. The first-order chi connectivity index (χ1) is 9.77. The van der Waals surface area contributed by atoms with Gasteiger partial charge < -0.3 is 5.11 Å². The second-order valence-corrected chi connectivity index (χ2v) is 4.85. The largest absolute Gasteiger partial charge is 0.369 e. The number of hydrogen-bond donors (Lipinski definition) is 1. The molecule has 0 bridgehead atoms. The van der Waals surface area contributed by atoms with Gasteiger partial charge in [0.05, 0.1) is 0 Å². The molecule has 1 N–H and O–H groups in total. The van der Waals surface area contributed by atoms with Gasteiger partial charge in [0, 0.05) is 17.5 Å². The fourth-order valence-corrected chi connectivity index (χ4v) is 2.13. The summed E-state index contributed by atoms with van der Waals surface area (Å²) in [6, 6.07) is 19.3. The molecule has 0 spiro atoms. The molecule has 0 fully saturated rings. The minimum atomic E-state index is -1.23. The highest BCUT2D eigenvalue weighted by Gasteiger charge is 2.28. The van der Waals surface area contributed by atoms with E-state index in [9.17, 15) is 5.11 Å². The van der Waals surface area contributed by atoms with E-state index in [1.807, 2.05) is 60.7 Å². The topological polar surface area (TPSA) is 20.2 Å². The minimum absolute atomic E-state index is 0.815. The monoisotopic (exact) mass is 264 g/mol. The van der Waals surface area contributed by atoms with Gasteiger partial charge in [-0.15, -0.1) is 0 Å². The van der Waals surface area contributed by atoms with E-state index in [4.69, 9.17) is 0 Å². The Morgan fingerprint density at radius 3 is 1.85 bits per heavy atom. The van der Waals surface area contributed by atoms with Crippen molar-refractivity contribution < 1.29 is 5.11 Å². The second-order valence-electron chi connectivity index (χ2n) is 4.85. The van der Waals surface area contributed by atoms with Crippen molar-refractivity contribution in [3.63, 3.8) is 0 Å². The van der Waals surface area contributed by atoms with Gasteiger partial charge in [0.1, 0.15) is 0 Å². The van der Waals surface area contributed by atoms with Gasteiger partial charge in [-0.1, -0.05) is 85.8 Å². The van der Waals surface area contributed by atoms with Crippen LogP contribution in [0.15, 0.2) is 60.7 Å². The van der Waals surface area contributed by atoms with Gasteiger partial charge in [-0.2, -0.15) is 0 Å². The van der Waals surface area contributed by atoms with E-state index in [0.717, 1.165) is 30.4 Å². The molecule has 0 heterocycles. The molecule has 0 unspecified atom stereocenters. The molecule has 0 radical (unpaired) electrons. The summed E-state index contributed by atoms with van der Waals surface area (Å²) in [5.74, 6) is 6.19. The molecule has 0 aliphatic rings. The highest BCUT2D eigenvalue weighted by molar-refractivity contribution is 5.44. The van der Waals surface area contributed by atoms with Gasteiger partial charge in [0.25, 0.3) is 0 Å². The molecule has 20 heavy (non-hydrogen) atoms. The smallest absolute Gasteiger partial charge is 0.176 e. The molecule has 0 atom stereocenters. The molecular formula is C19H20O. The quantitative estimate of drug-likeness (QED) is 0.650. The summed E-state index contributed by atoms with van der Waals surface area (Å²) in [6.45, 7) is 2.14. The van der Waals surface area contributed by atoms with E-state index in [0.29, 0.717) is 0 Å². The highest BCUT2D eigenvalue weighted by Crippen LogP contribution is 2.28. The zero-order chi connectivity index (χ0) is 14.3. The molecule has 0 aliphatic heterocycles. The van der Waals surface area contributed by atoms with Crippen LogP contribution in [0, 0.1) is 11.8 Å². The van der Waals surface area contributed by atoms with Crippen LogP contribution in [0.3, 0.4) is 0 Å². The van der Waals surface area contributed by atoms with Crippen molar-refractivity contribution in [3.8, 4) is 11.8 Å². The molecule has 1 heteroatoms. The zero-order valence-electron chi connectivity index (χ0n) is 11.8. The first-order valence-corrected chi connectivity index (χ1v) is 7.11. The molecule has 0 aromatic heterocycles. The van der Waals surface area contributed by atoms with Crippen LogP contribution >= 0.6 is 0 Å². The predicted molar refractivity (Wildman–Crippen MR) is 83.2 cm³/mol. The van der Waals surface area contributed by atoms with Crippen LogP contribution in [-0.2, 0) is 5.60 Å². The molecule has 0 amide bonds. The molecule has 1 nitrogen and oxygen atoms in total. The van der Waals surface area contributed by atoms with Crippen LogP contribution in [0.2, 0.25) is 0 Å². The Labute approximate surface area is 121 Å². The second kappa shape index (κ2) is 6.93. The number of unbranched alkanes of at least 4 members (excludes halogenated alkanes) is 2. The van der Waals surface area contributed by atoms with E-state index in [-0.39, 0.29) is 0 Å². The average molecular weight is 264 g/mol. The lowest BCUT2D eigenvalue weighted by molar-refractivity contribution is 0.145. The van der Waals surface area contributed by atoms with Gasteiger partial charge in [-0.25, -0.2) is 0 Å². The summed E-state index contributed by atoms with van der Waals surface area (Å²) >= 11 is 0. The molecule has 2 aromatic carbocycles. The lowest BCUT2D eigenvalue weighted by atomic mass is 9.87. The molecule has 0 saturated carbocycles. The van der Waals surface area contributed by atoms with E-state index < -0.39 is 5.60 Å². The van der Waals surface area contributed by atoms with E-state index in [1.54, 1.807) is 0 Å². The Hall–Kier alpha value is -2.04. The van der Waals surface area contributed by atoms with Crippen molar-refractivity contribution in [2.75, 3.05) is 0 Å². The normalized spacial score (nSPS) is 10.7.